The Morgan fingerprint density at radius 1 is 1.05 bits per heavy atom. The lowest BCUT2D eigenvalue weighted by atomic mass is 10.1. The first-order chi connectivity index (χ1) is 9.88. The monoisotopic (exact) mass is 291 g/mol. The third-order valence-electron chi connectivity index (χ3n) is 3.13. The summed E-state index contributed by atoms with van der Waals surface area (Å²) in [6.45, 7) is 8.14. The maximum absolute atomic E-state index is 5.82. The molecule has 6 heteroatoms. The van der Waals surface area contributed by atoms with Gasteiger partial charge >= 0.3 is 0 Å². The van der Waals surface area contributed by atoms with Crippen molar-refractivity contribution in [1.82, 2.24) is 5.32 Å². The van der Waals surface area contributed by atoms with Crippen molar-refractivity contribution in [3.05, 3.63) is 0 Å². The van der Waals surface area contributed by atoms with E-state index in [9.17, 15) is 0 Å². The Hall–Kier alpha value is -0.240. The summed E-state index contributed by atoms with van der Waals surface area (Å²) in [4.78, 5) is 0. The first kappa shape index (κ1) is 17.8. The molecule has 1 fully saturated rings. The van der Waals surface area contributed by atoms with Crippen LogP contribution in [-0.4, -0.2) is 78.7 Å². The summed E-state index contributed by atoms with van der Waals surface area (Å²) >= 11 is 0. The molecular formula is C14H29NO5. The zero-order valence-electron chi connectivity index (χ0n) is 12.8. The average molecular weight is 291 g/mol. The predicted molar refractivity (Wildman–Crippen MR) is 76.2 cm³/mol. The fraction of sp³-hybridized carbons (Fsp3) is 1.00. The molecule has 0 aromatic rings. The number of likely N-dealkylation sites (N-methyl/N-ethyl adjacent to an activating group) is 1. The normalized spacial score (nSPS) is 23.1. The Bertz CT molecular complexity index is 216. The predicted octanol–water partition coefficient (Wildman–Crippen LogP) is 0.450. The van der Waals surface area contributed by atoms with Crippen molar-refractivity contribution in [2.75, 3.05) is 66.5 Å². The zero-order valence-corrected chi connectivity index (χ0v) is 12.8. The molecule has 1 rings (SSSR count). The van der Waals surface area contributed by atoms with Crippen molar-refractivity contribution in [2.24, 2.45) is 0 Å². The van der Waals surface area contributed by atoms with E-state index < -0.39 is 0 Å². The average Bonchev–Trinajstić information content (AvgIpc) is 2.47. The summed E-state index contributed by atoms with van der Waals surface area (Å²) in [5.41, 5.74) is 0. The Kier molecular flexibility index (Phi) is 11.1. The van der Waals surface area contributed by atoms with E-state index in [1.807, 2.05) is 0 Å². The fourth-order valence-corrected chi connectivity index (χ4v) is 2.09. The molecule has 20 heavy (non-hydrogen) atoms. The van der Waals surface area contributed by atoms with Crippen LogP contribution in [0.3, 0.4) is 0 Å². The molecule has 0 saturated carbocycles. The Morgan fingerprint density at radius 2 is 1.75 bits per heavy atom. The molecule has 1 saturated heterocycles. The molecule has 1 N–H and O–H groups in total. The van der Waals surface area contributed by atoms with Crippen LogP contribution in [0.15, 0.2) is 0 Å². The molecule has 0 spiro atoms. The molecule has 0 bridgehead atoms. The quantitative estimate of drug-likeness (QED) is 0.527. The molecule has 6 nitrogen and oxygen atoms in total. The van der Waals surface area contributed by atoms with Crippen LogP contribution in [0, 0.1) is 0 Å². The Morgan fingerprint density at radius 3 is 2.45 bits per heavy atom. The Labute approximate surface area is 122 Å². The standard InChI is InChI=1S/C14H29NO5/c1-3-15-13-4-5-19-12-14(13)20-11-10-18-9-8-17-7-6-16-2/h13-15H,3-12H2,1-2H3. The summed E-state index contributed by atoms with van der Waals surface area (Å²) in [6.07, 6.45) is 1.14. The van der Waals surface area contributed by atoms with Crippen molar-refractivity contribution in [3.63, 3.8) is 0 Å². The van der Waals surface area contributed by atoms with Gasteiger partial charge in [0.1, 0.15) is 0 Å². The maximum Gasteiger partial charge on any atom is 0.0962 e. The van der Waals surface area contributed by atoms with E-state index >= 15 is 0 Å². The second kappa shape index (κ2) is 12.5. The number of hydrogen-bond acceptors (Lipinski definition) is 6. The second-order valence-corrected chi connectivity index (χ2v) is 4.65. The van der Waals surface area contributed by atoms with Gasteiger partial charge in [-0.25, -0.2) is 0 Å². The molecule has 0 amide bonds. The van der Waals surface area contributed by atoms with E-state index in [1.165, 1.54) is 0 Å². The number of nitrogens with one attached hydrogen (secondary N) is 1. The first-order valence-corrected chi connectivity index (χ1v) is 7.45. The highest BCUT2D eigenvalue weighted by Gasteiger charge is 2.25. The fourth-order valence-electron chi connectivity index (χ4n) is 2.09. The highest BCUT2D eigenvalue weighted by atomic mass is 16.6. The molecular weight excluding hydrogens is 262 g/mol. The SMILES string of the molecule is CCNC1CCOCC1OCCOCCOCCOC. The van der Waals surface area contributed by atoms with Gasteiger partial charge in [-0.3, -0.25) is 0 Å². The van der Waals surface area contributed by atoms with Crippen LogP contribution in [0.1, 0.15) is 13.3 Å². The molecule has 0 radical (unpaired) electrons. The number of methoxy groups -OCH3 is 1. The minimum Gasteiger partial charge on any atom is -0.382 e. The van der Waals surface area contributed by atoms with Crippen molar-refractivity contribution < 1.29 is 23.7 Å². The van der Waals surface area contributed by atoms with Crippen molar-refractivity contribution in [3.8, 4) is 0 Å². The van der Waals surface area contributed by atoms with Crippen LogP contribution in [0.2, 0.25) is 0 Å². The minimum atomic E-state index is 0.130. The summed E-state index contributed by atoms with van der Waals surface area (Å²) in [7, 11) is 1.66. The Balaban J connectivity index is 1.94. The summed E-state index contributed by atoms with van der Waals surface area (Å²) < 4.78 is 26.9. The number of ether oxygens (including phenoxy) is 5. The molecule has 1 aliphatic heterocycles. The highest BCUT2D eigenvalue weighted by molar-refractivity contribution is 4.79. The number of hydrogen-bond donors (Lipinski definition) is 1. The first-order valence-electron chi connectivity index (χ1n) is 7.45. The lowest BCUT2D eigenvalue weighted by Crippen LogP contribution is -2.48. The molecule has 2 unspecified atom stereocenters. The van der Waals surface area contributed by atoms with Crippen LogP contribution in [0.25, 0.3) is 0 Å². The van der Waals surface area contributed by atoms with Crippen LogP contribution in [0.5, 0.6) is 0 Å². The van der Waals surface area contributed by atoms with Crippen LogP contribution < -0.4 is 5.32 Å². The highest BCUT2D eigenvalue weighted by Crippen LogP contribution is 2.11. The van der Waals surface area contributed by atoms with Gasteiger partial charge in [-0.2, -0.15) is 0 Å². The van der Waals surface area contributed by atoms with E-state index in [-0.39, 0.29) is 6.10 Å². The van der Waals surface area contributed by atoms with Gasteiger partial charge in [-0.15, -0.1) is 0 Å². The summed E-state index contributed by atoms with van der Waals surface area (Å²) in [5, 5.41) is 3.44. The molecule has 0 aromatic heterocycles. The topological polar surface area (TPSA) is 58.2 Å². The van der Waals surface area contributed by atoms with Gasteiger partial charge in [0, 0.05) is 19.8 Å². The lowest BCUT2D eigenvalue weighted by molar-refractivity contribution is -0.0834. The molecule has 1 aliphatic rings. The third-order valence-corrected chi connectivity index (χ3v) is 3.13. The van der Waals surface area contributed by atoms with Gasteiger partial charge in [0.15, 0.2) is 0 Å². The van der Waals surface area contributed by atoms with Crippen LogP contribution >= 0.6 is 0 Å². The molecule has 0 aromatic carbocycles. The van der Waals surface area contributed by atoms with E-state index in [0.29, 0.717) is 52.3 Å². The van der Waals surface area contributed by atoms with E-state index in [1.54, 1.807) is 7.11 Å². The van der Waals surface area contributed by atoms with Crippen molar-refractivity contribution in [2.45, 2.75) is 25.5 Å². The molecule has 2 atom stereocenters. The van der Waals surface area contributed by atoms with Crippen LogP contribution in [-0.2, 0) is 23.7 Å². The summed E-state index contributed by atoms with van der Waals surface area (Å²) in [6, 6.07) is 0.395. The van der Waals surface area contributed by atoms with Gasteiger partial charge in [0.2, 0.25) is 0 Å². The van der Waals surface area contributed by atoms with Gasteiger partial charge in [0.25, 0.3) is 0 Å². The van der Waals surface area contributed by atoms with Gasteiger partial charge in [-0.1, -0.05) is 6.92 Å². The number of rotatable bonds is 12. The third kappa shape index (κ3) is 8.14. The van der Waals surface area contributed by atoms with E-state index in [4.69, 9.17) is 23.7 Å². The minimum absolute atomic E-state index is 0.130. The molecule has 120 valence electrons. The van der Waals surface area contributed by atoms with Crippen LogP contribution in [0.4, 0.5) is 0 Å². The molecule has 1 heterocycles. The largest absolute Gasteiger partial charge is 0.382 e. The van der Waals surface area contributed by atoms with Gasteiger partial charge < -0.3 is 29.0 Å². The van der Waals surface area contributed by atoms with E-state index in [0.717, 1.165) is 19.6 Å². The smallest absolute Gasteiger partial charge is 0.0962 e. The summed E-state index contributed by atoms with van der Waals surface area (Å²) in [5.74, 6) is 0. The van der Waals surface area contributed by atoms with Gasteiger partial charge in [0.05, 0.1) is 52.4 Å². The maximum atomic E-state index is 5.82. The zero-order chi connectivity index (χ0) is 14.5. The van der Waals surface area contributed by atoms with Crippen molar-refractivity contribution in [1.29, 1.82) is 0 Å². The lowest BCUT2D eigenvalue weighted by Gasteiger charge is -2.31. The van der Waals surface area contributed by atoms with Gasteiger partial charge in [-0.05, 0) is 13.0 Å². The van der Waals surface area contributed by atoms with Crippen molar-refractivity contribution >= 4 is 0 Å². The second-order valence-electron chi connectivity index (χ2n) is 4.65. The van der Waals surface area contributed by atoms with E-state index in [2.05, 4.69) is 12.2 Å². The molecule has 0 aliphatic carbocycles.